The third-order valence-corrected chi connectivity index (χ3v) is 5.99. The van der Waals surface area contributed by atoms with Gasteiger partial charge in [0.15, 0.2) is 10.8 Å². The highest BCUT2D eigenvalue weighted by Crippen LogP contribution is 2.31. The van der Waals surface area contributed by atoms with Gasteiger partial charge in [-0.05, 0) is 26.0 Å². The lowest BCUT2D eigenvalue weighted by Crippen LogP contribution is -2.48. The van der Waals surface area contributed by atoms with E-state index in [0.29, 0.717) is 31.9 Å². The van der Waals surface area contributed by atoms with Crippen LogP contribution in [-0.2, 0) is 6.54 Å². The van der Waals surface area contributed by atoms with Crippen molar-refractivity contribution in [3.8, 4) is 0 Å². The fourth-order valence-corrected chi connectivity index (χ4v) is 4.40. The van der Waals surface area contributed by atoms with E-state index >= 15 is 0 Å². The molecule has 0 unspecified atom stereocenters. The SMILES string of the molecule is CCn1nc(C(=O)N2CCN(c3nc4ccc([N+](=O)[O-])cc4s3)CC2)cc1C. The number of aryl methyl sites for hydroxylation is 2. The van der Waals surface area contributed by atoms with Crippen LogP contribution in [0.25, 0.3) is 10.2 Å². The molecule has 0 atom stereocenters. The third-order valence-electron chi connectivity index (χ3n) is 4.91. The van der Waals surface area contributed by atoms with Crippen molar-refractivity contribution in [2.45, 2.75) is 20.4 Å². The Morgan fingerprint density at radius 3 is 2.64 bits per heavy atom. The number of nitro benzene ring substituents is 1. The highest BCUT2D eigenvalue weighted by molar-refractivity contribution is 7.22. The lowest BCUT2D eigenvalue weighted by atomic mass is 10.2. The zero-order chi connectivity index (χ0) is 19.8. The van der Waals surface area contributed by atoms with E-state index in [1.807, 2.05) is 29.5 Å². The standard InChI is InChI=1S/C18H20N6O3S/c1-3-23-12(2)10-15(20-23)17(25)21-6-8-22(9-7-21)18-19-14-5-4-13(24(26)27)11-16(14)28-18/h4-5,10-11H,3,6-9H2,1-2H3. The van der Waals surface area contributed by atoms with Gasteiger partial charge in [-0.2, -0.15) is 5.10 Å². The number of rotatable bonds is 4. The summed E-state index contributed by atoms with van der Waals surface area (Å²) in [6.45, 7) is 7.20. The van der Waals surface area contributed by atoms with Crippen molar-refractivity contribution in [3.63, 3.8) is 0 Å². The fourth-order valence-electron chi connectivity index (χ4n) is 3.35. The minimum Gasteiger partial charge on any atom is -0.345 e. The number of amides is 1. The summed E-state index contributed by atoms with van der Waals surface area (Å²) >= 11 is 1.44. The van der Waals surface area contributed by atoms with Crippen LogP contribution in [0.4, 0.5) is 10.8 Å². The number of nitro groups is 1. The number of piperazine rings is 1. The van der Waals surface area contributed by atoms with Gasteiger partial charge in [0.05, 0.1) is 15.1 Å². The van der Waals surface area contributed by atoms with E-state index in [-0.39, 0.29) is 11.6 Å². The third kappa shape index (κ3) is 3.31. The van der Waals surface area contributed by atoms with Gasteiger partial charge in [-0.15, -0.1) is 0 Å². The number of anilines is 1. The predicted molar refractivity (Wildman–Crippen MR) is 107 cm³/mol. The molecule has 3 heterocycles. The van der Waals surface area contributed by atoms with Gasteiger partial charge in [0.2, 0.25) is 0 Å². The number of hydrogen-bond donors (Lipinski definition) is 0. The zero-order valence-electron chi connectivity index (χ0n) is 15.7. The Balaban J connectivity index is 1.45. The summed E-state index contributed by atoms with van der Waals surface area (Å²) in [5, 5.41) is 16.2. The number of hydrogen-bond acceptors (Lipinski definition) is 7. The van der Waals surface area contributed by atoms with Gasteiger partial charge >= 0.3 is 0 Å². The molecular formula is C18H20N6O3S. The van der Waals surface area contributed by atoms with Gasteiger partial charge < -0.3 is 9.80 Å². The molecule has 1 aliphatic heterocycles. The lowest BCUT2D eigenvalue weighted by Gasteiger charge is -2.34. The summed E-state index contributed by atoms with van der Waals surface area (Å²) in [6, 6.07) is 6.54. The second-order valence-corrected chi connectivity index (χ2v) is 7.68. The quantitative estimate of drug-likeness (QED) is 0.493. The number of nitrogens with zero attached hydrogens (tertiary/aromatic N) is 6. The number of fused-ring (bicyclic) bond motifs is 1. The molecule has 1 amide bonds. The second kappa shape index (κ2) is 7.19. The molecule has 3 aromatic rings. The molecule has 0 N–H and O–H groups in total. The van der Waals surface area contributed by atoms with Crippen LogP contribution >= 0.6 is 11.3 Å². The highest BCUT2D eigenvalue weighted by atomic mass is 32.1. The van der Waals surface area contributed by atoms with Crippen LogP contribution in [0.3, 0.4) is 0 Å². The zero-order valence-corrected chi connectivity index (χ0v) is 16.5. The molecule has 1 aromatic carbocycles. The van der Waals surface area contributed by atoms with E-state index in [0.717, 1.165) is 27.6 Å². The molecule has 0 aliphatic carbocycles. The van der Waals surface area contributed by atoms with E-state index < -0.39 is 4.92 Å². The summed E-state index contributed by atoms with van der Waals surface area (Å²) in [4.78, 5) is 31.8. The van der Waals surface area contributed by atoms with E-state index in [4.69, 9.17) is 0 Å². The number of thiazole rings is 1. The molecule has 1 saturated heterocycles. The Bertz CT molecular complexity index is 1050. The topological polar surface area (TPSA) is 97.4 Å². The Morgan fingerprint density at radius 2 is 2.00 bits per heavy atom. The summed E-state index contributed by atoms with van der Waals surface area (Å²) in [5.74, 6) is -0.0464. The Labute approximate surface area is 165 Å². The minimum atomic E-state index is -0.398. The van der Waals surface area contributed by atoms with Crippen LogP contribution in [0.5, 0.6) is 0 Å². The first-order valence-electron chi connectivity index (χ1n) is 9.10. The molecule has 28 heavy (non-hydrogen) atoms. The van der Waals surface area contributed by atoms with Crippen molar-refractivity contribution < 1.29 is 9.72 Å². The minimum absolute atomic E-state index is 0.0464. The number of non-ortho nitro benzene ring substituents is 1. The van der Waals surface area contributed by atoms with Gasteiger partial charge in [0.1, 0.15) is 0 Å². The average molecular weight is 400 g/mol. The molecule has 4 rings (SSSR count). The monoisotopic (exact) mass is 400 g/mol. The molecule has 2 aromatic heterocycles. The van der Waals surface area contributed by atoms with Crippen LogP contribution in [0.1, 0.15) is 23.1 Å². The number of benzene rings is 1. The van der Waals surface area contributed by atoms with Gasteiger partial charge in [-0.25, -0.2) is 4.98 Å². The van der Waals surface area contributed by atoms with Gasteiger partial charge in [-0.3, -0.25) is 19.6 Å². The van der Waals surface area contributed by atoms with Crippen molar-refractivity contribution in [1.29, 1.82) is 0 Å². The van der Waals surface area contributed by atoms with Gasteiger partial charge in [-0.1, -0.05) is 11.3 Å². The lowest BCUT2D eigenvalue weighted by molar-refractivity contribution is -0.384. The summed E-state index contributed by atoms with van der Waals surface area (Å²) in [5.41, 5.74) is 2.29. The Hall–Kier alpha value is -3.01. The van der Waals surface area contributed by atoms with Crippen molar-refractivity contribution in [1.82, 2.24) is 19.7 Å². The smallest absolute Gasteiger partial charge is 0.274 e. The first kappa shape index (κ1) is 18.4. The van der Waals surface area contributed by atoms with Crippen LogP contribution < -0.4 is 4.90 Å². The molecule has 0 bridgehead atoms. The predicted octanol–water partition coefficient (Wildman–Crippen LogP) is 2.69. The van der Waals surface area contributed by atoms with Crippen LogP contribution in [0.15, 0.2) is 24.3 Å². The van der Waals surface area contributed by atoms with Crippen molar-refractivity contribution in [3.05, 3.63) is 45.8 Å². The first-order chi connectivity index (χ1) is 13.5. The average Bonchev–Trinajstić information content (AvgIpc) is 3.30. The van der Waals surface area contributed by atoms with Crippen molar-refractivity contribution in [2.75, 3.05) is 31.1 Å². The molecule has 0 spiro atoms. The summed E-state index contributed by atoms with van der Waals surface area (Å²) < 4.78 is 2.62. The van der Waals surface area contributed by atoms with E-state index in [1.54, 1.807) is 12.1 Å². The number of aromatic nitrogens is 3. The van der Waals surface area contributed by atoms with Gasteiger partial charge in [0, 0.05) is 50.6 Å². The number of carbonyl (C=O) groups is 1. The molecule has 146 valence electrons. The normalized spacial score (nSPS) is 14.6. The maximum atomic E-state index is 12.7. The maximum Gasteiger partial charge on any atom is 0.274 e. The van der Waals surface area contributed by atoms with Crippen LogP contribution in [0, 0.1) is 17.0 Å². The second-order valence-electron chi connectivity index (χ2n) is 6.67. The highest BCUT2D eigenvalue weighted by Gasteiger charge is 2.26. The van der Waals surface area contributed by atoms with E-state index in [1.165, 1.54) is 17.4 Å². The number of carbonyl (C=O) groups excluding carboxylic acids is 1. The molecule has 0 radical (unpaired) electrons. The van der Waals surface area contributed by atoms with E-state index in [2.05, 4.69) is 15.0 Å². The molecule has 1 aliphatic rings. The molecule has 0 saturated carbocycles. The Morgan fingerprint density at radius 1 is 1.25 bits per heavy atom. The summed E-state index contributed by atoms with van der Waals surface area (Å²) in [7, 11) is 0. The fraction of sp³-hybridized carbons (Fsp3) is 0.389. The first-order valence-corrected chi connectivity index (χ1v) is 9.91. The molecule has 10 heteroatoms. The Kier molecular flexibility index (Phi) is 4.71. The maximum absolute atomic E-state index is 12.7. The molecule has 9 nitrogen and oxygen atoms in total. The van der Waals surface area contributed by atoms with Gasteiger partial charge in [0.25, 0.3) is 11.6 Å². The van der Waals surface area contributed by atoms with Crippen molar-refractivity contribution in [2.24, 2.45) is 0 Å². The van der Waals surface area contributed by atoms with Crippen LogP contribution in [0.2, 0.25) is 0 Å². The molecule has 1 fully saturated rings. The van der Waals surface area contributed by atoms with Crippen molar-refractivity contribution >= 4 is 38.3 Å². The van der Waals surface area contributed by atoms with Crippen LogP contribution in [-0.4, -0.2) is 56.7 Å². The largest absolute Gasteiger partial charge is 0.345 e. The molecular weight excluding hydrogens is 380 g/mol. The summed E-state index contributed by atoms with van der Waals surface area (Å²) in [6.07, 6.45) is 0. The van der Waals surface area contributed by atoms with E-state index in [9.17, 15) is 14.9 Å².